The highest BCUT2D eigenvalue weighted by atomic mass is 79.9. The fourth-order valence-corrected chi connectivity index (χ4v) is 3.06. The number of amides is 1. The van der Waals surface area contributed by atoms with Gasteiger partial charge >= 0.3 is 6.09 Å². The Bertz CT molecular complexity index is 719. The van der Waals surface area contributed by atoms with Gasteiger partial charge in [-0.25, -0.2) is 9.78 Å². The van der Waals surface area contributed by atoms with Crippen molar-refractivity contribution in [2.45, 2.75) is 38.7 Å². The van der Waals surface area contributed by atoms with E-state index in [1.807, 2.05) is 51.2 Å². The maximum atomic E-state index is 12.2. The Morgan fingerprint density at radius 2 is 2.04 bits per heavy atom. The Kier molecular flexibility index (Phi) is 4.67. The molecule has 0 radical (unpaired) electrons. The highest BCUT2D eigenvalue weighted by molar-refractivity contribution is 9.10. The van der Waals surface area contributed by atoms with Crippen LogP contribution in [0.3, 0.4) is 0 Å². The molecule has 1 aliphatic rings. The summed E-state index contributed by atoms with van der Waals surface area (Å²) in [6.07, 6.45) is 2.51. The maximum Gasteiger partial charge on any atom is 0.410 e. The van der Waals surface area contributed by atoms with Gasteiger partial charge < -0.3 is 14.6 Å². The molecule has 3 rings (SSSR count). The fraction of sp³-hybridized carbons (Fsp3) is 0.444. The number of nitrogens with zero attached hydrogens (tertiary/aromatic N) is 2. The minimum Gasteiger partial charge on any atom is -0.444 e. The quantitative estimate of drug-likeness (QED) is 0.815. The van der Waals surface area contributed by atoms with E-state index in [0.717, 1.165) is 28.0 Å². The number of carbonyl (C=O) groups is 1. The van der Waals surface area contributed by atoms with E-state index in [2.05, 4.69) is 25.9 Å². The third-order valence-electron chi connectivity index (χ3n) is 3.98. The molecule has 0 bridgehead atoms. The number of carbonyl (C=O) groups excluding carboxylic acids is 1. The smallest absolute Gasteiger partial charge is 0.410 e. The van der Waals surface area contributed by atoms with Crippen LogP contribution in [0.25, 0.3) is 11.3 Å². The molecule has 1 saturated heterocycles. The Hall–Kier alpha value is -1.82. The molecule has 1 N–H and O–H groups in total. The number of halogens is 1. The van der Waals surface area contributed by atoms with Crippen molar-refractivity contribution in [2.75, 3.05) is 13.1 Å². The van der Waals surface area contributed by atoms with Crippen LogP contribution >= 0.6 is 15.9 Å². The van der Waals surface area contributed by atoms with Crippen molar-refractivity contribution in [3.05, 3.63) is 40.8 Å². The summed E-state index contributed by atoms with van der Waals surface area (Å²) in [6.45, 7) is 7.00. The Balaban J connectivity index is 1.66. The minimum absolute atomic E-state index is 0.224. The van der Waals surface area contributed by atoms with Crippen molar-refractivity contribution in [3.63, 3.8) is 0 Å². The molecule has 0 saturated carbocycles. The zero-order valence-electron chi connectivity index (χ0n) is 14.2. The summed E-state index contributed by atoms with van der Waals surface area (Å²) in [6, 6.07) is 8.11. The number of ether oxygens (including phenoxy) is 1. The zero-order chi connectivity index (χ0) is 17.3. The van der Waals surface area contributed by atoms with Crippen LogP contribution in [0.15, 0.2) is 34.9 Å². The summed E-state index contributed by atoms with van der Waals surface area (Å²) in [5.41, 5.74) is 1.63. The lowest BCUT2D eigenvalue weighted by Crippen LogP contribution is -2.35. The number of likely N-dealkylation sites (tertiary alicyclic amines) is 1. The Labute approximate surface area is 150 Å². The predicted octanol–water partition coefficient (Wildman–Crippen LogP) is 4.56. The van der Waals surface area contributed by atoms with E-state index >= 15 is 0 Å². The number of benzene rings is 1. The number of hydrogen-bond acceptors (Lipinski definition) is 3. The van der Waals surface area contributed by atoms with E-state index in [1.54, 1.807) is 4.90 Å². The van der Waals surface area contributed by atoms with Gasteiger partial charge in [0.2, 0.25) is 0 Å². The monoisotopic (exact) mass is 391 g/mol. The van der Waals surface area contributed by atoms with Crippen LogP contribution in [-0.4, -0.2) is 39.7 Å². The molecule has 0 spiro atoms. The Morgan fingerprint density at radius 1 is 1.33 bits per heavy atom. The molecule has 5 nitrogen and oxygen atoms in total. The van der Waals surface area contributed by atoms with Gasteiger partial charge in [-0.05, 0) is 44.9 Å². The minimum atomic E-state index is -0.464. The lowest BCUT2D eigenvalue weighted by atomic mass is 10.1. The molecule has 6 heteroatoms. The van der Waals surface area contributed by atoms with Gasteiger partial charge in [0.25, 0.3) is 0 Å². The lowest BCUT2D eigenvalue weighted by molar-refractivity contribution is 0.0292. The van der Waals surface area contributed by atoms with E-state index in [1.165, 1.54) is 0 Å². The average Bonchev–Trinajstić information content (AvgIpc) is 3.15. The van der Waals surface area contributed by atoms with Gasteiger partial charge in [0.15, 0.2) is 0 Å². The topological polar surface area (TPSA) is 58.2 Å². The third kappa shape index (κ3) is 3.98. The highest BCUT2D eigenvalue weighted by Gasteiger charge is 2.31. The number of hydrogen-bond donors (Lipinski definition) is 1. The molecule has 1 aliphatic heterocycles. The third-order valence-corrected chi connectivity index (χ3v) is 4.51. The largest absolute Gasteiger partial charge is 0.444 e. The van der Waals surface area contributed by atoms with Crippen molar-refractivity contribution >= 4 is 22.0 Å². The number of rotatable bonds is 2. The second-order valence-corrected chi connectivity index (χ2v) is 8.02. The highest BCUT2D eigenvalue weighted by Crippen LogP contribution is 2.28. The van der Waals surface area contributed by atoms with Gasteiger partial charge in [-0.2, -0.15) is 0 Å². The van der Waals surface area contributed by atoms with Crippen LogP contribution < -0.4 is 0 Å². The van der Waals surface area contributed by atoms with E-state index in [-0.39, 0.29) is 12.0 Å². The first-order valence-corrected chi connectivity index (χ1v) is 8.90. The first-order chi connectivity index (χ1) is 11.3. The Morgan fingerprint density at radius 3 is 2.71 bits per heavy atom. The molecule has 1 fully saturated rings. The molecular weight excluding hydrogens is 370 g/mol. The van der Waals surface area contributed by atoms with Crippen LogP contribution in [0, 0.1) is 0 Å². The second kappa shape index (κ2) is 6.59. The average molecular weight is 392 g/mol. The number of aromatic nitrogens is 2. The first kappa shape index (κ1) is 17.0. The predicted molar refractivity (Wildman–Crippen MR) is 96.9 cm³/mol. The number of nitrogens with one attached hydrogen (secondary N) is 1. The lowest BCUT2D eigenvalue weighted by Gasteiger charge is -2.24. The van der Waals surface area contributed by atoms with Crippen molar-refractivity contribution in [1.82, 2.24) is 14.9 Å². The first-order valence-electron chi connectivity index (χ1n) is 8.10. The van der Waals surface area contributed by atoms with Gasteiger partial charge in [-0.3, -0.25) is 0 Å². The normalized spacial score (nSPS) is 18.0. The molecule has 128 valence electrons. The molecular formula is C18H22BrN3O2. The summed E-state index contributed by atoms with van der Waals surface area (Å²) in [5, 5.41) is 0. The fourth-order valence-electron chi connectivity index (χ4n) is 2.80. The van der Waals surface area contributed by atoms with Crippen molar-refractivity contribution in [1.29, 1.82) is 0 Å². The summed E-state index contributed by atoms with van der Waals surface area (Å²) in [5.74, 6) is 1.15. The van der Waals surface area contributed by atoms with Gasteiger partial charge in [0.05, 0.1) is 11.9 Å². The number of imidazole rings is 1. The maximum absolute atomic E-state index is 12.2. The summed E-state index contributed by atoms with van der Waals surface area (Å²) in [7, 11) is 0. The molecule has 0 aliphatic carbocycles. The van der Waals surface area contributed by atoms with Gasteiger partial charge in [-0.15, -0.1) is 0 Å². The summed E-state index contributed by atoms with van der Waals surface area (Å²) >= 11 is 3.44. The van der Waals surface area contributed by atoms with Crippen LogP contribution in [0.1, 0.15) is 38.9 Å². The molecule has 1 atom stereocenters. The van der Waals surface area contributed by atoms with E-state index in [0.29, 0.717) is 13.1 Å². The molecule has 0 unspecified atom stereocenters. The second-order valence-electron chi connectivity index (χ2n) is 7.10. The van der Waals surface area contributed by atoms with Gasteiger partial charge in [0, 0.05) is 23.5 Å². The van der Waals surface area contributed by atoms with Crippen molar-refractivity contribution in [2.24, 2.45) is 0 Å². The summed E-state index contributed by atoms with van der Waals surface area (Å²) in [4.78, 5) is 21.8. The summed E-state index contributed by atoms with van der Waals surface area (Å²) < 4.78 is 6.49. The number of aromatic amines is 1. The van der Waals surface area contributed by atoms with Crippen LogP contribution in [0.4, 0.5) is 4.79 Å². The molecule has 24 heavy (non-hydrogen) atoms. The molecule has 1 aromatic heterocycles. The van der Waals surface area contributed by atoms with E-state index in [9.17, 15) is 4.79 Å². The van der Waals surface area contributed by atoms with Crippen molar-refractivity contribution in [3.8, 4) is 11.3 Å². The van der Waals surface area contributed by atoms with Crippen LogP contribution in [-0.2, 0) is 4.74 Å². The van der Waals surface area contributed by atoms with Gasteiger partial charge in [0.1, 0.15) is 11.4 Å². The van der Waals surface area contributed by atoms with Crippen LogP contribution in [0.2, 0.25) is 0 Å². The SMILES string of the molecule is CC(C)(C)OC(=O)N1CC[C@H](c2ncc(-c3ccc(Br)cc3)[nH]2)C1. The molecule has 2 heterocycles. The van der Waals surface area contributed by atoms with Crippen LogP contribution in [0.5, 0.6) is 0 Å². The standard InChI is InChI=1S/C18H22BrN3O2/c1-18(2,3)24-17(23)22-9-8-13(11-22)16-20-10-15(21-16)12-4-6-14(19)7-5-12/h4-7,10,13H,8-9,11H2,1-3H3,(H,20,21)/t13-/m0/s1. The molecule has 2 aromatic rings. The molecule has 1 aromatic carbocycles. The zero-order valence-corrected chi connectivity index (χ0v) is 15.8. The van der Waals surface area contributed by atoms with Gasteiger partial charge in [-0.1, -0.05) is 28.1 Å². The van der Waals surface area contributed by atoms with Crippen molar-refractivity contribution < 1.29 is 9.53 Å². The molecule has 1 amide bonds. The van der Waals surface area contributed by atoms with E-state index < -0.39 is 5.60 Å². The number of H-pyrrole nitrogens is 1. The van der Waals surface area contributed by atoms with E-state index in [4.69, 9.17) is 4.74 Å².